The molecule has 1 aliphatic carbocycles. The third-order valence-corrected chi connectivity index (χ3v) is 12.0. The first-order valence-corrected chi connectivity index (χ1v) is 19.5. The minimum absolute atomic E-state index is 0.140. The minimum Gasteiger partial charge on any atom is -0.292 e. The van der Waals surface area contributed by atoms with Gasteiger partial charge in [0.25, 0.3) is 0 Å². The lowest BCUT2D eigenvalue weighted by molar-refractivity contribution is 0.661. The fourth-order valence-corrected chi connectivity index (χ4v) is 9.41. The molecule has 0 spiro atoms. The van der Waals surface area contributed by atoms with Gasteiger partial charge in [-0.15, -0.1) is 0 Å². The first-order chi connectivity index (χ1) is 27.6. The molecule has 0 bridgehead atoms. The number of imidazole rings is 1. The number of hydrogen-bond acceptors (Lipinski definition) is 1. The van der Waals surface area contributed by atoms with Crippen LogP contribution < -0.4 is 0 Å². The van der Waals surface area contributed by atoms with Crippen LogP contribution in [-0.4, -0.2) is 9.55 Å². The number of fused-ring (bicyclic) bond motifs is 6. The van der Waals surface area contributed by atoms with E-state index in [1.807, 2.05) is 0 Å². The largest absolute Gasteiger partial charge is 0.292 e. The molecule has 264 valence electrons. The molecule has 0 saturated heterocycles. The Bertz CT molecular complexity index is 3150. The van der Waals surface area contributed by atoms with Gasteiger partial charge in [0.05, 0.1) is 11.0 Å². The molecular formula is C54H38N2. The molecular weight excluding hydrogens is 677 g/mol. The first-order valence-electron chi connectivity index (χ1n) is 19.5. The van der Waals surface area contributed by atoms with E-state index in [2.05, 4.69) is 213 Å². The standard InChI is InChI=1S/C54H38N2/c1-54(2)47-29-14-13-25-40(47)44-33-45-46(34-48(44)54)52(41-26-10-9-24-39(41)35-18-5-3-6-19-35)43-28-12-11-27-42(43)51(45)36-20-17-21-37(32-36)53-55-49-30-15-16-31-50(49)56(53)38-22-7-4-8-23-38/h3-34H,1-2H3. The Balaban J connectivity index is 1.25. The zero-order chi connectivity index (χ0) is 37.4. The molecule has 0 amide bonds. The van der Waals surface area contributed by atoms with Crippen LogP contribution in [0.25, 0.3) is 94.2 Å². The molecule has 9 aromatic carbocycles. The van der Waals surface area contributed by atoms with Crippen molar-refractivity contribution in [3.8, 4) is 61.6 Å². The predicted octanol–water partition coefficient (Wildman–Crippen LogP) is 14.3. The van der Waals surface area contributed by atoms with Crippen molar-refractivity contribution in [2.24, 2.45) is 0 Å². The summed E-state index contributed by atoms with van der Waals surface area (Å²) in [5, 5.41) is 5.00. The third kappa shape index (κ3) is 4.86. The number of hydrogen-bond donors (Lipinski definition) is 0. The summed E-state index contributed by atoms with van der Waals surface area (Å²) in [5.74, 6) is 0.929. The van der Waals surface area contributed by atoms with Crippen molar-refractivity contribution in [2.75, 3.05) is 0 Å². The molecule has 0 fully saturated rings. The molecule has 1 aliphatic rings. The van der Waals surface area contributed by atoms with Crippen LogP contribution in [0.4, 0.5) is 0 Å². The first kappa shape index (κ1) is 32.4. The van der Waals surface area contributed by atoms with Crippen LogP contribution >= 0.6 is 0 Å². The third-order valence-electron chi connectivity index (χ3n) is 12.0. The minimum atomic E-state index is -0.140. The molecule has 0 unspecified atom stereocenters. The highest BCUT2D eigenvalue weighted by molar-refractivity contribution is 6.23. The van der Waals surface area contributed by atoms with Gasteiger partial charge in [-0.2, -0.15) is 0 Å². The molecule has 0 saturated carbocycles. The smallest absolute Gasteiger partial charge is 0.145 e. The second kappa shape index (κ2) is 12.5. The van der Waals surface area contributed by atoms with E-state index in [0.29, 0.717) is 0 Å². The summed E-state index contributed by atoms with van der Waals surface area (Å²) >= 11 is 0. The maximum absolute atomic E-state index is 5.26. The highest BCUT2D eigenvalue weighted by Gasteiger charge is 2.36. The molecule has 0 radical (unpaired) electrons. The molecule has 56 heavy (non-hydrogen) atoms. The van der Waals surface area contributed by atoms with E-state index in [1.54, 1.807) is 0 Å². The van der Waals surface area contributed by atoms with Gasteiger partial charge in [0.1, 0.15) is 5.82 Å². The van der Waals surface area contributed by atoms with Crippen molar-refractivity contribution in [3.05, 3.63) is 205 Å². The lowest BCUT2D eigenvalue weighted by atomic mass is 9.79. The Labute approximate surface area is 327 Å². The molecule has 10 aromatic rings. The van der Waals surface area contributed by atoms with E-state index in [4.69, 9.17) is 4.98 Å². The number of aromatic nitrogens is 2. The van der Waals surface area contributed by atoms with Crippen LogP contribution in [0.1, 0.15) is 25.0 Å². The average Bonchev–Trinajstić information content (AvgIpc) is 3.75. The van der Waals surface area contributed by atoms with Crippen LogP contribution in [0.5, 0.6) is 0 Å². The normalized spacial score (nSPS) is 13.0. The van der Waals surface area contributed by atoms with E-state index in [1.165, 1.54) is 77.2 Å². The van der Waals surface area contributed by atoms with E-state index >= 15 is 0 Å². The Morgan fingerprint density at radius 2 is 0.982 bits per heavy atom. The maximum Gasteiger partial charge on any atom is 0.145 e. The number of para-hydroxylation sites is 3. The number of benzene rings is 9. The van der Waals surface area contributed by atoms with Crippen molar-refractivity contribution in [2.45, 2.75) is 19.3 Å². The predicted molar refractivity (Wildman–Crippen MR) is 235 cm³/mol. The lowest BCUT2D eigenvalue weighted by Gasteiger charge is -2.24. The molecule has 0 atom stereocenters. The van der Waals surface area contributed by atoms with Crippen molar-refractivity contribution in [3.63, 3.8) is 0 Å². The average molecular weight is 715 g/mol. The van der Waals surface area contributed by atoms with E-state index in [9.17, 15) is 0 Å². The fourth-order valence-electron chi connectivity index (χ4n) is 9.41. The summed E-state index contributed by atoms with van der Waals surface area (Å²) in [4.78, 5) is 5.26. The SMILES string of the molecule is CC1(C)c2ccccc2-c2cc3c(-c4cccc(-c5nc6ccccc6n5-c5ccccc5)c4)c4ccccc4c(-c4ccccc4-c4ccccc4)c3cc21. The zero-order valence-electron chi connectivity index (χ0n) is 31.4. The van der Waals surface area contributed by atoms with Gasteiger partial charge in [0.2, 0.25) is 0 Å². The molecule has 1 aromatic heterocycles. The molecule has 1 heterocycles. The second-order valence-electron chi connectivity index (χ2n) is 15.5. The Morgan fingerprint density at radius 1 is 0.393 bits per heavy atom. The summed E-state index contributed by atoms with van der Waals surface area (Å²) in [5.41, 5.74) is 16.9. The fraction of sp³-hybridized carbons (Fsp3) is 0.0556. The summed E-state index contributed by atoms with van der Waals surface area (Å²) in [6.45, 7) is 4.76. The van der Waals surface area contributed by atoms with Crippen LogP contribution in [0.3, 0.4) is 0 Å². The van der Waals surface area contributed by atoms with Crippen molar-refractivity contribution in [1.82, 2.24) is 9.55 Å². The van der Waals surface area contributed by atoms with Crippen LogP contribution in [0, 0.1) is 0 Å². The van der Waals surface area contributed by atoms with E-state index in [0.717, 1.165) is 28.1 Å². The van der Waals surface area contributed by atoms with E-state index in [-0.39, 0.29) is 5.41 Å². The molecule has 11 rings (SSSR count). The van der Waals surface area contributed by atoms with Crippen molar-refractivity contribution in [1.29, 1.82) is 0 Å². The van der Waals surface area contributed by atoms with Crippen LogP contribution in [0.15, 0.2) is 194 Å². The lowest BCUT2D eigenvalue weighted by Crippen LogP contribution is -2.14. The van der Waals surface area contributed by atoms with Gasteiger partial charge in [0, 0.05) is 16.7 Å². The summed E-state index contributed by atoms with van der Waals surface area (Å²) in [6, 6.07) is 70.8. The van der Waals surface area contributed by atoms with Crippen LogP contribution in [0.2, 0.25) is 0 Å². The van der Waals surface area contributed by atoms with Crippen LogP contribution in [-0.2, 0) is 5.41 Å². The van der Waals surface area contributed by atoms with Gasteiger partial charge < -0.3 is 0 Å². The molecule has 0 aliphatic heterocycles. The zero-order valence-corrected chi connectivity index (χ0v) is 31.4. The Morgan fingerprint density at radius 3 is 1.79 bits per heavy atom. The van der Waals surface area contributed by atoms with E-state index < -0.39 is 0 Å². The highest BCUT2D eigenvalue weighted by Crippen LogP contribution is 2.54. The molecule has 2 nitrogen and oxygen atoms in total. The summed E-state index contributed by atoms with van der Waals surface area (Å²) in [6.07, 6.45) is 0. The van der Waals surface area contributed by atoms with Crippen molar-refractivity contribution >= 4 is 32.6 Å². The Hall–Kier alpha value is -7.03. The van der Waals surface area contributed by atoms with Gasteiger partial charge >= 0.3 is 0 Å². The molecule has 0 N–H and O–H groups in total. The van der Waals surface area contributed by atoms with Gasteiger partial charge in [-0.05, 0) is 120 Å². The van der Waals surface area contributed by atoms with Gasteiger partial charge in [-0.1, -0.05) is 166 Å². The highest BCUT2D eigenvalue weighted by atomic mass is 15.1. The summed E-state index contributed by atoms with van der Waals surface area (Å²) in [7, 11) is 0. The quantitative estimate of drug-likeness (QED) is 0.162. The van der Waals surface area contributed by atoms with Gasteiger partial charge in [-0.3, -0.25) is 4.57 Å². The number of rotatable bonds is 5. The van der Waals surface area contributed by atoms with Gasteiger partial charge in [-0.25, -0.2) is 4.98 Å². The molecule has 2 heteroatoms. The Kier molecular flexibility index (Phi) is 7.24. The van der Waals surface area contributed by atoms with Gasteiger partial charge in [0.15, 0.2) is 0 Å². The topological polar surface area (TPSA) is 17.8 Å². The second-order valence-corrected chi connectivity index (χ2v) is 15.5. The number of nitrogens with zero attached hydrogens (tertiary/aromatic N) is 2. The monoisotopic (exact) mass is 714 g/mol. The van der Waals surface area contributed by atoms with Crippen molar-refractivity contribution < 1.29 is 0 Å². The maximum atomic E-state index is 5.26. The summed E-state index contributed by atoms with van der Waals surface area (Å²) < 4.78 is 2.29.